The van der Waals surface area contributed by atoms with Crippen molar-refractivity contribution in [2.45, 2.75) is 0 Å². The van der Waals surface area contributed by atoms with Crippen LogP contribution < -0.4 is 0 Å². The van der Waals surface area contributed by atoms with Gasteiger partial charge >= 0.3 is 0 Å². The Labute approximate surface area is 65.4 Å². The fraction of sp³-hybridized carbons (Fsp3) is 0.250. The van der Waals surface area contributed by atoms with E-state index in [1.54, 1.807) is 0 Å². The summed E-state index contributed by atoms with van der Waals surface area (Å²) < 4.78 is 4.88. The number of rotatable bonds is 6. The van der Waals surface area contributed by atoms with Gasteiger partial charge in [0.1, 0.15) is 12.6 Å². The molecular formula is C8H10O3. The molecule has 3 nitrogen and oxygen atoms in total. The van der Waals surface area contributed by atoms with E-state index in [0.717, 1.165) is 0 Å². The Morgan fingerprint density at radius 1 is 1.09 bits per heavy atom. The maximum Gasteiger partial charge on any atom is 0.147 e. The Morgan fingerprint density at radius 2 is 1.45 bits per heavy atom. The monoisotopic (exact) mass is 154 g/mol. The Morgan fingerprint density at radius 3 is 1.73 bits per heavy atom. The first-order valence-corrected chi connectivity index (χ1v) is 3.04. The predicted octanol–water partition coefficient (Wildman–Crippen LogP) is 0.513. The van der Waals surface area contributed by atoms with Crippen molar-refractivity contribution in [3.05, 3.63) is 24.3 Å². The van der Waals surface area contributed by atoms with Gasteiger partial charge in [-0.3, -0.25) is 9.59 Å². The third-order valence-electron chi connectivity index (χ3n) is 0.908. The van der Waals surface area contributed by atoms with Crippen LogP contribution in [0.5, 0.6) is 0 Å². The zero-order chi connectivity index (χ0) is 8.69. The molecule has 11 heavy (non-hydrogen) atoms. The smallest absolute Gasteiger partial charge is 0.147 e. The Balaban J connectivity index is 3.41. The molecule has 0 aromatic heterocycles. The minimum absolute atomic E-state index is 0.149. The third kappa shape index (κ3) is 5.24. The lowest BCUT2D eigenvalue weighted by atomic mass is 10.3. The van der Waals surface area contributed by atoms with Gasteiger partial charge in [0.05, 0.1) is 13.2 Å². The first-order chi connectivity index (χ1) is 5.20. The standard InChI is InChI=1S/C8H10O3/c1-7(3-9)5-11-6-8(2)4-10/h3-4H,1-2,5-6H2. The van der Waals surface area contributed by atoms with Gasteiger partial charge in [0.15, 0.2) is 0 Å². The Bertz CT molecular complexity index is 162. The highest BCUT2D eigenvalue weighted by atomic mass is 16.5. The molecule has 0 aliphatic rings. The summed E-state index contributed by atoms with van der Waals surface area (Å²) in [6.45, 7) is 7.07. The van der Waals surface area contributed by atoms with Crippen molar-refractivity contribution < 1.29 is 14.3 Å². The highest BCUT2D eigenvalue weighted by Gasteiger charge is 1.93. The highest BCUT2D eigenvalue weighted by Crippen LogP contribution is 1.90. The van der Waals surface area contributed by atoms with Crippen molar-refractivity contribution in [3.63, 3.8) is 0 Å². The molecule has 3 heteroatoms. The van der Waals surface area contributed by atoms with Crippen molar-refractivity contribution in [3.8, 4) is 0 Å². The molecule has 0 aromatic rings. The molecule has 0 aliphatic heterocycles. The van der Waals surface area contributed by atoms with Crippen LogP contribution in [0.15, 0.2) is 24.3 Å². The van der Waals surface area contributed by atoms with Crippen molar-refractivity contribution >= 4 is 12.6 Å². The number of hydrogen-bond acceptors (Lipinski definition) is 3. The SMILES string of the molecule is C=C(C=O)COCC(=C)C=O. The molecule has 0 aliphatic carbocycles. The van der Waals surface area contributed by atoms with E-state index in [2.05, 4.69) is 13.2 Å². The van der Waals surface area contributed by atoms with Crippen LogP contribution >= 0.6 is 0 Å². The number of hydrogen-bond donors (Lipinski definition) is 0. The molecule has 0 saturated carbocycles. The highest BCUT2D eigenvalue weighted by molar-refractivity contribution is 5.73. The lowest BCUT2D eigenvalue weighted by molar-refractivity contribution is -0.105. The van der Waals surface area contributed by atoms with Crippen LogP contribution in [0, 0.1) is 0 Å². The van der Waals surface area contributed by atoms with Gasteiger partial charge in [0.2, 0.25) is 0 Å². The Hall–Kier alpha value is -1.22. The van der Waals surface area contributed by atoms with Crippen molar-refractivity contribution in [2.75, 3.05) is 13.2 Å². The van der Waals surface area contributed by atoms with Gasteiger partial charge in [-0.2, -0.15) is 0 Å². The van der Waals surface area contributed by atoms with Gasteiger partial charge < -0.3 is 4.74 Å². The van der Waals surface area contributed by atoms with Gasteiger partial charge in [-0.15, -0.1) is 0 Å². The molecule has 0 heterocycles. The van der Waals surface area contributed by atoms with Gasteiger partial charge in [0.25, 0.3) is 0 Å². The molecule has 0 bridgehead atoms. The lowest BCUT2D eigenvalue weighted by Crippen LogP contribution is -2.02. The van der Waals surface area contributed by atoms with Crippen LogP contribution in [-0.2, 0) is 14.3 Å². The lowest BCUT2D eigenvalue weighted by Gasteiger charge is -1.99. The third-order valence-corrected chi connectivity index (χ3v) is 0.908. The van der Waals surface area contributed by atoms with Crippen LogP contribution in [0.4, 0.5) is 0 Å². The molecule has 0 amide bonds. The summed E-state index contributed by atoms with van der Waals surface area (Å²) >= 11 is 0. The largest absolute Gasteiger partial charge is 0.372 e. The minimum atomic E-state index is 0.149. The quantitative estimate of drug-likeness (QED) is 0.413. The second-order valence-corrected chi connectivity index (χ2v) is 2.04. The summed E-state index contributed by atoms with van der Waals surface area (Å²) in [7, 11) is 0. The van der Waals surface area contributed by atoms with Crippen molar-refractivity contribution in [1.29, 1.82) is 0 Å². The molecule has 0 unspecified atom stereocenters. The number of carbonyl (C=O) groups excluding carboxylic acids is 2. The summed E-state index contributed by atoms with van der Waals surface area (Å²) in [5.74, 6) is 0. The summed E-state index contributed by atoms with van der Waals surface area (Å²) in [4.78, 5) is 20.0. The van der Waals surface area contributed by atoms with E-state index >= 15 is 0 Å². The maximum atomic E-state index is 9.98. The first-order valence-electron chi connectivity index (χ1n) is 3.04. The van der Waals surface area contributed by atoms with E-state index in [-0.39, 0.29) is 13.2 Å². The molecule has 0 atom stereocenters. The fourth-order valence-corrected chi connectivity index (χ4v) is 0.381. The van der Waals surface area contributed by atoms with Crippen LogP contribution in [-0.4, -0.2) is 25.8 Å². The van der Waals surface area contributed by atoms with E-state index in [9.17, 15) is 9.59 Å². The molecule has 0 saturated heterocycles. The molecule has 0 N–H and O–H groups in total. The molecule has 0 radical (unpaired) electrons. The summed E-state index contributed by atoms with van der Waals surface area (Å²) in [6.07, 6.45) is 1.23. The molecular weight excluding hydrogens is 144 g/mol. The maximum absolute atomic E-state index is 9.98. The minimum Gasteiger partial charge on any atom is -0.372 e. The zero-order valence-corrected chi connectivity index (χ0v) is 6.21. The molecule has 0 fully saturated rings. The van der Waals surface area contributed by atoms with E-state index < -0.39 is 0 Å². The fourth-order valence-electron chi connectivity index (χ4n) is 0.381. The van der Waals surface area contributed by atoms with E-state index in [0.29, 0.717) is 23.7 Å². The molecule has 60 valence electrons. The van der Waals surface area contributed by atoms with Crippen LogP contribution in [0.25, 0.3) is 0 Å². The summed E-state index contributed by atoms with van der Waals surface area (Å²) in [5.41, 5.74) is 0.701. The van der Waals surface area contributed by atoms with Gasteiger partial charge in [-0.05, 0) is 0 Å². The van der Waals surface area contributed by atoms with Crippen molar-refractivity contribution in [1.82, 2.24) is 0 Å². The van der Waals surface area contributed by atoms with Gasteiger partial charge in [0, 0.05) is 11.1 Å². The van der Waals surface area contributed by atoms with E-state index in [1.165, 1.54) is 0 Å². The molecule has 0 rings (SSSR count). The van der Waals surface area contributed by atoms with E-state index in [4.69, 9.17) is 4.74 Å². The average molecular weight is 154 g/mol. The number of carbonyl (C=O) groups is 2. The molecule has 0 spiro atoms. The average Bonchev–Trinajstić information content (AvgIpc) is 2.04. The zero-order valence-electron chi connectivity index (χ0n) is 6.21. The number of ether oxygens (including phenoxy) is 1. The van der Waals surface area contributed by atoms with Crippen LogP contribution in [0.2, 0.25) is 0 Å². The first kappa shape index (κ1) is 9.78. The predicted molar refractivity (Wildman–Crippen MR) is 41.2 cm³/mol. The molecule has 0 aromatic carbocycles. The van der Waals surface area contributed by atoms with Gasteiger partial charge in [-0.25, -0.2) is 0 Å². The second-order valence-electron chi connectivity index (χ2n) is 2.04. The Kier molecular flexibility index (Phi) is 4.94. The van der Waals surface area contributed by atoms with Crippen molar-refractivity contribution in [2.24, 2.45) is 0 Å². The second kappa shape index (κ2) is 5.56. The normalized spacial score (nSPS) is 8.73. The topological polar surface area (TPSA) is 43.4 Å². The van der Waals surface area contributed by atoms with Crippen LogP contribution in [0.1, 0.15) is 0 Å². The van der Waals surface area contributed by atoms with Gasteiger partial charge in [-0.1, -0.05) is 13.2 Å². The van der Waals surface area contributed by atoms with Crippen LogP contribution in [0.3, 0.4) is 0 Å². The summed E-state index contributed by atoms with van der Waals surface area (Å²) in [5, 5.41) is 0. The number of aldehydes is 2. The summed E-state index contributed by atoms with van der Waals surface area (Å²) in [6, 6.07) is 0. The van der Waals surface area contributed by atoms with E-state index in [1.807, 2.05) is 0 Å².